The summed E-state index contributed by atoms with van der Waals surface area (Å²) in [5.74, 6) is 4.01. The molecule has 2 N–H and O–H groups in total. The highest BCUT2D eigenvalue weighted by atomic mass is 16.5. The van der Waals surface area contributed by atoms with Gasteiger partial charge in [-0.15, -0.1) is 0 Å². The first-order valence-corrected chi connectivity index (χ1v) is 10.3. The molecule has 0 saturated carbocycles. The third-order valence-electron chi connectivity index (χ3n) is 4.80. The molecule has 3 aromatic rings. The molecule has 2 heterocycles. The van der Waals surface area contributed by atoms with E-state index in [0.717, 1.165) is 59.7 Å². The number of benzene rings is 1. The molecule has 8 heteroatoms. The molecule has 0 spiro atoms. The third kappa shape index (κ3) is 5.97. The zero-order valence-corrected chi connectivity index (χ0v) is 18.6. The van der Waals surface area contributed by atoms with Crippen LogP contribution in [0.5, 0.6) is 11.5 Å². The average Bonchev–Trinajstić information content (AvgIpc) is 3.23. The number of guanidine groups is 1. The largest absolute Gasteiger partial charge is 0.493 e. The minimum Gasteiger partial charge on any atom is -0.493 e. The highest BCUT2D eigenvalue weighted by Crippen LogP contribution is 2.27. The molecule has 0 radical (unpaired) electrons. The first kappa shape index (κ1) is 22.1. The lowest BCUT2D eigenvalue weighted by Gasteiger charge is -2.13. The van der Waals surface area contributed by atoms with Crippen LogP contribution in [0.2, 0.25) is 0 Å². The van der Waals surface area contributed by atoms with Crippen LogP contribution in [0.15, 0.2) is 53.9 Å². The Morgan fingerprint density at radius 3 is 2.48 bits per heavy atom. The number of aliphatic imine (C=N–C) groups is 1. The summed E-state index contributed by atoms with van der Waals surface area (Å²) in [4.78, 5) is 13.4. The van der Waals surface area contributed by atoms with Gasteiger partial charge in [-0.2, -0.15) is 0 Å². The molecular weight excluding hydrogens is 392 g/mol. The molecule has 0 unspecified atom stereocenters. The Hall–Kier alpha value is -3.55. The first-order chi connectivity index (χ1) is 15.1. The van der Waals surface area contributed by atoms with E-state index in [0.29, 0.717) is 6.54 Å². The second kappa shape index (κ2) is 11.0. The molecule has 0 aliphatic carbocycles. The predicted molar refractivity (Wildman–Crippen MR) is 122 cm³/mol. The molecule has 0 atom stereocenters. The van der Waals surface area contributed by atoms with E-state index in [1.807, 2.05) is 54.2 Å². The zero-order valence-electron chi connectivity index (χ0n) is 18.6. The van der Waals surface area contributed by atoms with Gasteiger partial charge in [-0.05, 0) is 49.6 Å². The van der Waals surface area contributed by atoms with Gasteiger partial charge < -0.3 is 20.1 Å². The van der Waals surface area contributed by atoms with Crippen LogP contribution in [-0.4, -0.2) is 47.8 Å². The Balaban J connectivity index is 1.57. The summed E-state index contributed by atoms with van der Waals surface area (Å²) in [6, 6.07) is 9.99. The Kier molecular flexibility index (Phi) is 7.86. The van der Waals surface area contributed by atoms with E-state index in [1.54, 1.807) is 20.4 Å². The number of methoxy groups -OCH3 is 2. The van der Waals surface area contributed by atoms with Crippen molar-refractivity contribution in [3.8, 4) is 17.3 Å². The zero-order chi connectivity index (χ0) is 22.1. The van der Waals surface area contributed by atoms with E-state index in [9.17, 15) is 0 Å². The monoisotopic (exact) mass is 422 g/mol. The van der Waals surface area contributed by atoms with Crippen molar-refractivity contribution in [2.24, 2.45) is 4.99 Å². The van der Waals surface area contributed by atoms with E-state index >= 15 is 0 Å². The van der Waals surface area contributed by atoms with Gasteiger partial charge in [0.1, 0.15) is 11.6 Å². The first-order valence-electron chi connectivity index (χ1n) is 10.3. The van der Waals surface area contributed by atoms with Crippen molar-refractivity contribution in [2.45, 2.75) is 26.8 Å². The summed E-state index contributed by atoms with van der Waals surface area (Å²) < 4.78 is 12.6. The van der Waals surface area contributed by atoms with Crippen LogP contribution in [0.3, 0.4) is 0 Å². The van der Waals surface area contributed by atoms with E-state index in [1.165, 1.54) is 0 Å². The Morgan fingerprint density at radius 2 is 1.84 bits per heavy atom. The molecule has 8 nitrogen and oxygen atoms in total. The van der Waals surface area contributed by atoms with E-state index in [2.05, 4.69) is 32.5 Å². The van der Waals surface area contributed by atoms with Gasteiger partial charge in [0.2, 0.25) is 0 Å². The molecule has 0 aliphatic heterocycles. The lowest BCUT2D eigenvalue weighted by atomic mass is 10.1. The highest BCUT2D eigenvalue weighted by molar-refractivity contribution is 5.79. The number of nitrogens with one attached hydrogen (secondary N) is 2. The summed E-state index contributed by atoms with van der Waals surface area (Å²) in [7, 11) is 3.29. The molecular formula is C23H30N6O2. The summed E-state index contributed by atoms with van der Waals surface area (Å²) in [5, 5.41) is 6.66. The number of hydrogen-bond acceptors (Lipinski definition) is 5. The molecule has 0 aliphatic rings. The Morgan fingerprint density at radius 1 is 1.03 bits per heavy atom. The van der Waals surface area contributed by atoms with Gasteiger partial charge in [0.15, 0.2) is 17.5 Å². The van der Waals surface area contributed by atoms with Crippen LogP contribution in [0.4, 0.5) is 0 Å². The topological polar surface area (TPSA) is 85.6 Å². The number of aryl methyl sites for hydroxylation is 1. The maximum absolute atomic E-state index is 5.38. The van der Waals surface area contributed by atoms with Gasteiger partial charge in [0.25, 0.3) is 0 Å². The van der Waals surface area contributed by atoms with Gasteiger partial charge in [-0.25, -0.2) is 15.0 Å². The standard InChI is InChI=1S/C23H30N6O2/c1-5-24-23(26-11-10-18-6-8-20(30-3)21(14-18)31-4)28-16-19-7-9-22(27-15-19)29-13-12-25-17(29)2/h6-9,12-15H,5,10-11,16H2,1-4H3,(H2,24,26,28). The molecule has 3 rings (SSSR count). The number of imidazole rings is 1. The van der Waals surface area contributed by atoms with Gasteiger partial charge in [-0.1, -0.05) is 12.1 Å². The maximum atomic E-state index is 5.38. The van der Waals surface area contributed by atoms with Crippen LogP contribution in [0.1, 0.15) is 23.9 Å². The maximum Gasteiger partial charge on any atom is 0.191 e. The SMILES string of the molecule is CCNC(=NCc1ccc(-n2ccnc2C)nc1)NCCc1ccc(OC)c(OC)c1. The minimum absolute atomic E-state index is 0.544. The van der Waals surface area contributed by atoms with Crippen LogP contribution < -0.4 is 20.1 Å². The van der Waals surface area contributed by atoms with Crippen molar-refractivity contribution < 1.29 is 9.47 Å². The van der Waals surface area contributed by atoms with Gasteiger partial charge >= 0.3 is 0 Å². The second-order valence-electron chi connectivity index (χ2n) is 6.93. The average molecular weight is 423 g/mol. The molecule has 31 heavy (non-hydrogen) atoms. The van der Waals surface area contributed by atoms with Crippen molar-refractivity contribution in [1.29, 1.82) is 0 Å². The summed E-state index contributed by atoms with van der Waals surface area (Å²) >= 11 is 0. The van der Waals surface area contributed by atoms with Crippen LogP contribution in [0.25, 0.3) is 5.82 Å². The molecule has 0 fully saturated rings. The van der Waals surface area contributed by atoms with E-state index in [-0.39, 0.29) is 0 Å². The van der Waals surface area contributed by atoms with Crippen molar-refractivity contribution in [1.82, 2.24) is 25.2 Å². The quantitative estimate of drug-likeness (QED) is 0.407. The van der Waals surface area contributed by atoms with Crippen molar-refractivity contribution in [3.63, 3.8) is 0 Å². The lowest BCUT2D eigenvalue weighted by molar-refractivity contribution is 0.354. The van der Waals surface area contributed by atoms with Crippen LogP contribution >= 0.6 is 0 Å². The Labute approximate surface area is 183 Å². The van der Waals surface area contributed by atoms with Crippen molar-refractivity contribution in [3.05, 3.63) is 65.9 Å². The number of hydrogen-bond donors (Lipinski definition) is 2. The summed E-state index contributed by atoms with van der Waals surface area (Å²) in [5.41, 5.74) is 2.20. The van der Waals surface area contributed by atoms with Gasteiger partial charge in [-0.3, -0.25) is 4.57 Å². The summed E-state index contributed by atoms with van der Waals surface area (Å²) in [6.07, 6.45) is 6.36. The number of aromatic nitrogens is 3. The highest BCUT2D eigenvalue weighted by Gasteiger charge is 2.06. The number of rotatable bonds is 9. The normalized spacial score (nSPS) is 11.3. The molecule has 0 saturated heterocycles. The molecule has 1 aromatic carbocycles. The van der Waals surface area contributed by atoms with Crippen LogP contribution in [-0.2, 0) is 13.0 Å². The fourth-order valence-corrected chi connectivity index (χ4v) is 3.15. The number of pyridine rings is 1. The van der Waals surface area contributed by atoms with E-state index in [4.69, 9.17) is 9.47 Å². The van der Waals surface area contributed by atoms with Crippen molar-refractivity contribution in [2.75, 3.05) is 27.3 Å². The van der Waals surface area contributed by atoms with E-state index < -0.39 is 0 Å². The molecule has 164 valence electrons. The summed E-state index contributed by atoms with van der Waals surface area (Å²) in [6.45, 7) is 6.09. The Bertz CT molecular complexity index is 998. The fraction of sp³-hybridized carbons (Fsp3) is 0.348. The minimum atomic E-state index is 0.544. The molecule has 0 amide bonds. The molecule has 0 bridgehead atoms. The van der Waals surface area contributed by atoms with Crippen LogP contribution in [0, 0.1) is 6.92 Å². The molecule has 2 aromatic heterocycles. The lowest BCUT2D eigenvalue weighted by Crippen LogP contribution is -2.38. The van der Waals surface area contributed by atoms with Gasteiger partial charge in [0, 0.05) is 31.7 Å². The smallest absolute Gasteiger partial charge is 0.191 e. The third-order valence-corrected chi connectivity index (χ3v) is 4.80. The van der Waals surface area contributed by atoms with Gasteiger partial charge in [0.05, 0.1) is 20.8 Å². The fourth-order valence-electron chi connectivity index (χ4n) is 3.15. The second-order valence-corrected chi connectivity index (χ2v) is 6.93. The predicted octanol–water partition coefficient (Wildman–Crippen LogP) is 2.89. The number of ether oxygens (including phenoxy) is 2. The number of nitrogens with zero attached hydrogens (tertiary/aromatic N) is 4. The van der Waals surface area contributed by atoms with Crippen molar-refractivity contribution >= 4 is 5.96 Å².